The van der Waals surface area contributed by atoms with Crippen molar-refractivity contribution < 1.29 is 0 Å². The Kier molecular flexibility index (Phi) is 6.72. The SMILES string of the molecule is CCCNC(CCN(C)C(C)C1CC1)c1cccc(Br)c1. The van der Waals surface area contributed by atoms with E-state index in [0.717, 1.165) is 25.0 Å². The lowest BCUT2D eigenvalue weighted by molar-refractivity contribution is 0.222. The molecular formula is C18H29BrN2. The van der Waals surface area contributed by atoms with Gasteiger partial charge in [-0.3, -0.25) is 0 Å². The number of halogens is 1. The first-order chi connectivity index (χ1) is 10.1. The van der Waals surface area contributed by atoms with E-state index in [1.807, 2.05) is 0 Å². The Morgan fingerprint density at radius 3 is 2.76 bits per heavy atom. The van der Waals surface area contributed by atoms with E-state index < -0.39 is 0 Å². The predicted molar refractivity (Wildman–Crippen MR) is 94.6 cm³/mol. The summed E-state index contributed by atoms with van der Waals surface area (Å²) in [7, 11) is 2.28. The molecule has 2 nitrogen and oxygen atoms in total. The standard InChI is InChI=1S/C18H29BrN2/c1-4-11-20-18(16-6-5-7-17(19)13-16)10-12-21(3)14(2)15-8-9-15/h5-7,13-15,18,20H,4,8-12H2,1-3H3. The maximum Gasteiger partial charge on any atom is 0.0332 e. The Morgan fingerprint density at radius 2 is 2.14 bits per heavy atom. The molecule has 2 atom stereocenters. The van der Waals surface area contributed by atoms with E-state index >= 15 is 0 Å². The molecule has 1 aliphatic carbocycles. The van der Waals surface area contributed by atoms with Gasteiger partial charge in [0, 0.05) is 16.6 Å². The minimum atomic E-state index is 0.455. The van der Waals surface area contributed by atoms with Gasteiger partial charge in [-0.2, -0.15) is 0 Å². The van der Waals surface area contributed by atoms with Crippen molar-refractivity contribution in [2.24, 2.45) is 5.92 Å². The van der Waals surface area contributed by atoms with Gasteiger partial charge in [0.15, 0.2) is 0 Å². The summed E-state index contributed by atoms with van der Waals surface area (Å²) in [4.78, 5) is 2.54. The predicted octanol–water partition coefficient (Wildman–Crippen LogP) is 4.61. The number of nitrogens with one attached hydrogen (secondary N) is 1. The zero-order chi connectivity index (χ0) is 15.2. The van der Waals surface area contributed by atoms with Crippen molar-refractivity contribution in [3.63, 3.8) is 0 Å². The van der Waals surface area contributed by atoms with E-state index in [9.17, 15) is 0 Å². The first-order valence-electron chi connectivity index (χ1n) is 8.31. The molecule has 2 rings (SSSR count). The molecule has 1 aromatic rings. The van der Waals surface area contributed by atoms with Crippen molar-refractivity contribution in [1.29, 1.82) is 0 Å². The van der Waals surface area contributed by atoms with Gasteiger partial charge in [0.1, 0.15) is 0 Å². The average Bonchev–Trinajstić information content (AvgIpc) is 3.31. The highest BCUT2D eigenvalue weighted by atomic mass is 79.9. The molecule has 1 aromatic carbocycles. The summed E-state index contributed by atoms with van der Waals surface area (Å²) in [5, 5.41) is 3.70. The molecule has 3 heteroatoms. The van der Waals surface area contributed by atoms with Crippen molar-refractivity contribution in [2.75, 3.05) is 20.1 Å². The molecular weight excluding hydrogens is 324 g/mol. The van der Waals surface area contributed by atoms with E-state index in [0.29, 0.717) is 6.04 Å². The Balaban J connectivity index is 1.92. The normalized spacial score (nSPS) is 18.0. The van der Waals surface area contributed by atoms with E-state index in [-0.39, 0.29) is 0 Å². The molecule has 2 unspecified atom stereocenters. The van der Waals surface area contributed by atoms with Crippen LogP contribution in [0.3, 0.4) is 0 Å². The summed E-state index contributed by atoms with van der Waals surface area (Å²) in [6.45, 7) is 6.85. The Bertz CT molecular complexity index is 431. The first kappa shape index (κ1) is 17.0. The fourth-order valence-corrected chi connectivity index (χ4v) is 3.32. The molecule has 118 valence electrons. The Morgan fingerprint density at radius 1 is 1.38 bits per heavy atom. The molecule has 0 radical (unpaired) electrons. The van der Waals surface area contributed by atoms with Gasteiger partial charge in [0.25, 0.3) is 0 Å². The van der Waals surface area contributed by atoms with Crippen molar-refractivity contribution in [1.82, 2.24) is 10.2 Å². The quantitative estimate of drug-likeness (QED) is 0.697. The lowest BCUT2D eigenvalue weighted by Crippen LogP contribution is -2.34. The third-order valence-electron chi connectivity index (χ3n) is 4.66. The highest BCUT2D eigenvalue weighted by molar-refractivity contribution is 9.10. The minimum Gasteiger partial charge on any atom is -0.310 e. The molecule has 1 N–H and O–H groups in total. The largest absolute Gasteiger partial charge is 0.310 e. The summed E-state index contributed by atoms with van der Waals surface area (Å²) in [6.07, 6.45) is 5.20. The number of rotatable bonds is 9. The average molecular weight is 353 g/mol. The van der Waals surface area contributed by atoms with Gasteiger partial charge in [-0.05, 0) is 76.4 Å². The molecule has 0 heterocycles. The maximum atomic E-state index is 3.70. The van der Waals surface area contributed by atoms with Crippen LogP contribution in [0.25, 0.3) is 0 Å². The molecule has 0 saturated heterocycles. The van der Waals surface area contributed by atoms with Gasteiger partial charge < -0.3 is 10.2 Å². The van der Waals surface area contributed by atoms with Gasteiger partial charge in [-0.1, -0.05) is 35.0 Å². The van der Waals surface area contributed by atoms with Crippen LogP contribution in [0.5, 0.6) is 0 Å². The highest BCUT2D eigenvalue weighted by Crippen LogP contribution is 2.35. The Labute approximate surface area is 138 Å². The molecule has 1 saturated carbocycles. The van der Waals surface area contributed by atoms with Gasteiger partial charge in [0.05, 0.1) is 0 Å². The second-order valence-corrected chi connectivity index (χ2v) is 7.32. The highest BCUT2D eigenvalue weighted by Gasteiger charge is 2.30. The van der Waals surface area contributed by atoms with E-state index in [1.54, 1.807) is 0 Å². The van der Waals surface area contributed by atoms with E-state index in [2.05, 4.69) is 71.3 Å². The maximum absolute atomic E-state index is 3.70. The van der Waals surface area contributed by atoms with Crippen molar-refractivity contribution in [2.45, 2.75) is 51.6 Å². The smallest absolute Gasteiger partial charge is 0.0332 e. The summed E-state index contributed by atoms with van der Waals surface area (Å²) in [5.74, 6) is 0.947. The lowest BCUT2D eigenvalue weighted by atomic mass is 10.0. The minimum absolute atomic E-state index is 0.455. The van der Waals surface area contributed by atoms with Crippen molar-refractivity contribution in [3.8, 4) is 0 Å². The number of hydrogen-bond acceptors (Lipinski definition) is 2. The summed E-state index contributed by atoms with van der Waals surface area (Å²) in [6, 6.07) is 9.91. The third kappa shape index (κ3) is 5.39. The van der Waals surface area contributed by atoms with Gasteiger partial charge in [0.2, 0.25) is 0 Å². The molecule has 21 heavy (non-hydrogen) atoms. The number of nitrogens with zero attached hydrogens (tertiary/aromatic N) is 1. The van der Waals surface area contributed by atoms with Crippen LogP contribution in [0.2, 0.25) is 0 Å². The molecule has 0 aromatic heterocycles. The van der Waals surface area contributed by atoms with E-state index in [4.69, 9.17) is 0 Å². The summed E-state index contributed by atoms with van der Waals surface area (Å²) >= 11 is 3.59. The van der Waals surface area contributed by atoms with Crippen LogP contribution in [0.1, 0.15) is 51.1 Å². The summed E-state index contributed by atoms with van der Waals surface area (Å²) in [5.41, 5.74) is 1.39. The third-order valence-corrected chi connectivity index (χ3v) is 5.15. The second-order valence-electron chi connectivity index (χ2n) is 6.41. The molecule has 1 aliphatic rings. The van der Waals surface area contributed by atoms with Crippen LogP contribution in [0.4, 0.5) is 0 Å². The van der Waals surface area contributed by atoms with Gasteiger partial charge in [-0.25, -0.2) is 0 Å². The van der Waals surface area contributed by atoms with Crippen LogP contribution < -0.4 is 5.32 Å². The van der Waals surface area contributed by atoms with Crippen LogP contribution in [0, 0.1) is 5.92 Å². The molecule has 0 bridgehead atoms. The fourth-order valence-electron chi connectivity index (χ4n) is 2.90. The molecule has 0 amide bonds. The molecule has 1 fully saturated rings. The monoisotopic (exact) mass is 352 g/mol. The Hall–Kier alpha value is -0.380. The first-order valence-corrected chi connectivity index (χ1v) is 9.10. The van der Waals surface area contributed by atoms with Crippen LogP contribution >= 0.6 is 15.9 Å². The van der Waals surface area contributed by atoms with E-state index in [1.165, 1.54) is 35.7 Å². The van der Waals surface area contributed by atoms with Gasteiger partial charge >= 0.3 is 0 Å². The summed E-state index contributed by atoms with van der Waals surface area (Å²) < 4.78 is 1.17. The number of benzene rings is 1. The zero-order valence-corrected chi connectivity index (χ0v) is 15.2. The zero-order valence-electron chi connectivity index (χ0n) is 13.6. The van der Waals surface area contributed by atoms with Crippen LogP contribution in [-0.2, 0) is 0 Å². The molecule has 0 aliphatic heterocycles. The number of hydrogen-bond donors (Lipinski definition) is 1. The van der Waals surface area contributed by atoms with Gasteiger partial charge in [-0.15, -0.1) is 0 Å². The van der Waals surface area contributed by atoms with Crippen molar-refractivity contribution >= 4 is 15.9 Å². The topological polar surface area (TPSA) is 15.3 Å². The van der Waals surface area contributed by atoms with Crippen molar-refractivity contribution in [3.05, 3.63) is 34.3 Å². The van der Waals surface area contributed by atoms with Crippen LogP contribution in [0.15, 0.2) is 28.7 Å². The fraction of sp³-hybridized carbons (Fsp3) is 0.667. The second kappa shape index (κ2) is 8.30. The molecule has 0 spiro atoms. The van der Waals surface area contributed by atoms with Crippen LogP contribution in [-0.4, -0.2) is 31.1 Å². The lowest BCUT2D eigenvalue weighted by Gasteiger charge is -2.27.